The number of para-hydroxylation sites is 1. The number of benzene rings is 2. The van der Waals surface area contributed by atoms with Crippen molar-refractivity contribution >= 4 is 5.91 Å². The quantitative estimate of drug-likeness (QED) is 0.724. The van der Waals surface area contributed by atoms with E-state index in [4.69, 9.17) is 4.74 Å². The second kappa shape index (κ2) is 6.79. The van der Waals surface area contributed by atoms with Crippen molar-refractivity contribution in [3.8, 4) is 22.8 Å². The SMILES string of the molecule is CCCN1C(=O)c2[nH]nc(-c3ccccc3O)c2[C@@H]1c1ccc(OC)cc1. The molecule has 27 heavy (non-hydrogen) atoms. The lowest BCUT2D eigenvalue weighted by Gasteiger charge is -2.26. The molecule has 0 radical (unpaired) electrons. The third-order valence-corrected chi connectivity index (χ3v) is 4.92. The van der Waals surface area contributed by atoms with Gasteiger partial charge in [0.15, 0.2) is 0 Å². The monoisotopic (exact) mass is 363 g/mol. The molecule has 0 aliphatic carbocycles. The summed E-state index contributed by atoms with van der Waals surface area (Å²) >= 11 is 0. The number of H-pyrrole nitrogens is 1. The Morgan fingerprint density at radius 3 is 2.59 bits per heavy atom. The van der Waals surface area contributed by atoms with Gasteiger partial charge in [0.05, 0.1) is 13.2 Å². The molecular formula is C21H21N3O3. The number of phenolic OH excluding ortho intramolecular Hbond substituents is 1. The largest absolute Gasteiger partial charge is 0.507 e. The smallest absolute Gasteiger partial charge is 0.273 e. The summed E-state index contributed by atoms with van der Waals surface area (Å²) in [6, 6.07) is 14.5. The van der Waals surface area contributed by atoms with Crippen LogP contribution in [0.15, 0.2) is 48.5 Å². The van der Waals surface area contributed by atoms with Crippen LogP contribution in [0, 0.1) is 0 Å². The van der Waals surface area contributed by atoms with Gasteiger partial charge < -0.3 is 14.7 Å². The molecule has 6 nitrogen and oxygen atoms in total. The molecule has 3 aromatic rings. The van der Waals surface area contributed by atoms with Crippen LogP contribution in [-0.2, 0) is 0 Å². The number of nitrogens with zero attached hydrogens (tertiary/aromatic N) is 2. The van der Waals surface area contributed by atoms with Crippen LogP contribution in [0.5, 0.6) is 11.5 Å². The first-order valence-electron chi connectivity index (χ1n) is 8.97. The highest BCUT2D eigenvalue weighted by Crippen LogP contribution is 2.44. The Labute approximate surface area is 157 Å². The van der Waals surface area contributed by atoms with Gasteiger partial charge in [0.2, 0.25) is 0 Å². The summed E-state index contributed by atoms with van der Waals surface area (Å²) in [6.07, 6.45) is 0.849. The van der Waals surface area contributed by atoms with Crippen LogP contribution in [0.25, 0.3) is 11.3 Å². The van der Waals surface area contributed by atoms with Crippen molar-refractivity contribution in [2.45, 2.75) is 19.4 Å². The maximum absolute atomic E-state index is 13.0. The number of aromatic hydroxyl groups is 1. The number of fused-ring (bicyclic) bond motifs is 1. The van der Waals surface area contributed by atoms with E-state index in [1.54, 1.807) is 19.2 Å². The summed E-state index contributed by atoms with van der Waals surface area (Å²) in [4.78, 5) is 14.8. The normalized spacial score (nSPS) is 15.9. The standard InChI is InChI=1S/C21H21N3O3/c1-3-12-24-20(13-8-10-14(27-2)11-9-13)17-18(22-23-19(17)21(24)26)15-6-4-5-7-16(15)25/h4-11,20,25H,3,12H2,1-2H3,(H,22,23)/t20-/m0/s1. The molecular weight excluding hydrogens is 342 g/mol. The highest BCUT2D eigenvalue weighted by molar-refractivity contribution is 6.00. The summed E-state index contributed by atoms with van der Waals surface area (Å²) in [5.41, 5.74) is 3.49. The topological polar surface area (TPSA) is 78.5 Å². The summed E-state index contributed by atoms with van der Waals surface area (Å²) in [5, 5.41) is 17.6. The highest BCUT2D eigenvalue weighted by Gasteiger charge is 2.42. The Hall–Kier alpha value is -3.28. The highest BCUT2D eigenvalue weighted by atomic mass is 16.5. The van der Waals surface area contributed by atoms with Crippen LogP contribution < -0.4 is 4.74 Å². The molecule has 1 aliphatic rings. The first-order valence-corrected chi connectivity index (χ1v) is 8.97. The lowest BCUT2D eigenvalue weighted by atomic mass is 9.95. The van der Waals surface area contributed by atoms with Crippen molar-refractivity contribution < 1.29 is 14.6 Å². The Morgan fingerprint density at radius 1 is 1.19 bits per heavy atom. The predicted molar refractivity (Wildman–Crippen MR) is 102 cm³/mol. The van der Waals surface area contributed by atoms with Crippen molar-refractivity contribution in [1.29, 1.82) is 0 Å². The van der Waals surface area contributed by atoms with E-state index in [1.165, 1.54) is 0 Å². The van der Waals surface area contributed by atoms with Gasteiger partial charge in [0.1, 0.15) is 22.9 Å². The van der Waals surface area contributed by atoms with Gasteiger partial charge in [-0.2, -0.15) is 5.10 Å². The first kappa shape index (κ1) is 17.1. The number of methoxy groups -OCH3 is 1. The first-order chi connectivity index (χ1) is 13.2. The fraction of sp³-hybridized carbons (Fsp3) is 0.238. The Balaban J connectivity index is 1.88. The van der Waals surface area contributed by atoms with Crippen LogP contribution in [-0.4, -0.2) is 39.8 Å². The van der Waals surface area contributed by atoms with Crippen molar-refractivity contribution in [2.75, 3.05) is 13.7 Å². The predicted octanol–water partition coefficient (Wildman–Crippen LogP) is 3.75. The van der Waals surface area contributed by atoms with Gasteiger partial charge in [0.25, 0.3) is 5.91 Å². The molecule has 1 amide bonds. The van der Waals surface area contributed by atoms with Gasteiger partial charge in [-0.1, -0.05) is 31.2 Å². The number of nitrogens with one attached hydrogen (secondary N) is 1. The minimum absolute atomic E-state index is 0.0677. The lowest BCUT2D eigenvalue weighted by molar-refractivity contribution is 0.0744. The average molecular weight is 363 g/mol. The fourth-order valence-electron chi connectivity index (χ4n) is 3.68. The van der Waals surface area contributed by atoms with E-state index >= 15 is 0 Å². The van der Waals surface area contributed by atoms with Crippen LogP contribution in [0.3, 0.4) is 0 Å². The lowest BCUT2D eigenvalue weighted by Crippen LogP contribution is -2.30. The van der Waals surface area contributed by atoms with Gasteiger partial charge in [-0.3, -0.25) is 9.89 Å². The number of hydrogen-bond acceptors (Lipinski definition) is 4. The van der Waals surface area contributed by atoms with Crippen molar-refractivity contribution in [3.63, 3.8) is 0 Å². The second-order valence-electron chi connectivity index (χ2n) is 6.55. The molecule has 0 spiro atoms. The van der Waals surface area contributed by atoms with Gasteiger partial charge in [0, 0.05) is 17.7 Å². The zero-order chi connectivity index (χ0) is 19.0. The molecule has 6 heteroatoms. The Bertz CT molecular complexity index is 979. The minimum atomic E-state index is -0.258. The van der Waals surface area contributed by atoms with E-state index in [1.807, 2.05) is 48.2 Å². The van der Waals surface area contributed by atoms with Crippen LogP contribution in [0.4, 0.5) is 0 Å². The molecule has 1 aliphatic heterocycles. The molecule has 0 saturated carbocycles. The van der Waals surface area contributed by atoms with Crippen molar-refractivity contribution in [1.82, 2.24) is 15.1 Å². The number of rotatable bonds is 5. The summed E-state index contributed by atoms with van der Waals surface area (Å²) < 4.78 is 5.26. The Morgan fingerprint density at radius 2 is 1.93 bits per heavy atom. The number of phenols is 1. The summed E-state index contributed by atoms with van der Waals surface area (Å²) in [5.74, 6) is 0.835. The maximum atomic E-state index is 13.0. The summed E-state index contributed by atoms with van der Waals surface area (Å²) in [7, 11) is 1.63. The minimum Gasteiger partial charge on any atom is -0.507 e. The maximum Gasteiger partial charge on any atom is 0.273 e. The zero-order valence-electron chi connectivity index (χ0n) is 15.3. The molecule has 0 unspecified atom stereocenters. The molecule has 2 N–H and O–H groups in total. The molecule has 4 rings (SSSR count). The van der Waals surface area contributed by atoms with E-state index in [-0.39, 0.29) is 17.7 Å². The third kappa shape index (κ3) is 2.73. The van der Waals surface area contributed by atoms with Crippen LogP contribution in [0.2, 0.25) is 0 Å². The van der Waals surface area contributed by atoms with E-state index in [0.717, 1.165) is 23.3 Å². The fourth-order valence-corrected chi connectivity index (χ4v) is 3.68. The number of aromatic nitrogens is 2. The van der Waals surface area contributed by atoms with E-state index < -0.39 is 0 Å². The number of carbonyl (C=O) groups is 1. The number of carbonyl (C=O) groups excluding carboxylic acids is 1. The third-order valence-electron chi connectivity index (χ3n) is 4.92. The van der Waals surface area contributed by atoms with Crippen LogP contribution >= 0.6 is 0 Å². The van der Waals surface area contributed by atoms with Gasteiger partial charge in [-0.05, 0) is 36.2 Å². The number of amides is 1. The number of aromatic amines is 1. The molecule has 0 fully saturated rings. The van der Waals surface area contributed by atoms with Gasteiger partial charge in [-0.25, -0.2) is 0 Å². The molecule has 1 atom stereocenters. The van der Waals surface area contributed by atoms with Gasteiger partial charge in [-0.15, -0.1) is 0 Å². The second-order valence-corrected chi connectivity index (χ2v) is 6.55. The van der Waals surface area contributed by atoms with Crippen molar-refractivity contribution in [2.24, 2.45) is 0 Å². The van der Waals surface area contributed by atoms with Crippen molar-refractivity contribution in [3.05, 3.63) is 65.4 Å². The average Bonchev–Trinajstić information content (AvgIpc) is 3.23. The number of ether oxygens (including phenoxy) is 1. The molecule has 2 aromatic carbocycles. The Kier molecular flexibility index (Phi) is 4.32. The zero-order valence-corrected chi connectivity index (χ0v) is 15.3. The summed E-state index contributed by atoms with van der Waals surface area (Å²) in [6.45, 7) is 2.69. The molecule has 2 heterocycles. The molecule has 0 bridgehead atoms. The van der Waals surface area contributed by atoms with E-state index in [2.05, 4.69) is 10.2 Å². The molecule has 0 saturated heterocycles. The van der Waals surface area contributed by atoms with Gasteiger partial charge >= 0.3 is 0 Å². The number of hydrogen-bond donors (Lipinski definition) is 2. The van der Waals surface area contributed by atoms with Crippen LogP contribution in [0.1, 0.15) is 41.0 Å². The van der Waals surface area contributed by atoms with E-state index in [0.29, 0.717) is 23.5 Å². The molecule has 1 aromatic heterocycles. The molecule has 138 valence electrons. The van der Waals surface area contributed by atoms with E-state index in [9.17, 15) is 9.90 Å².